The molecule has 3 aromatic carbocycles. The van der Waals surface area contributed by atoms with E-state index >= 15 is 0 Å². The Labute approximate surface area is 254 Å². The first-order chi connectivity index (χ1) is 21.0. The zero-order valence-corrected chi connectivity index (χ0v) is 25.0. The van der Waals surface area contributed by atoms with Gasteiger partial charge in [0.05, 0.1) is 12.1 Å². The molecular formula is C35H43N5O3. The Bertz CT molecular complexity index is 1310. The van der Waals surface area contributed by atoms with Crippen LogP contribution in [0.1, 0.15) is 48.4 Å². The van der Waals surface area contributed by atoms with Crippen LogP contribution in [0.15, 0.2) is 91.0 Å². The SMILES string of the molecule is CNC[C@H]1CC[C@H]2CC[C@@H](C(=O)NC(c3ccccc3)c3ccccc3)N2C(=O)[C@H]1NC(=O)[C@@H](Cc1ccccc1)NC. The minimum atomic E-state index is -0.719. The molecule has 0 unspecified atom stereocenters. The molecule has 3 aromatic rings. The molecule has 0 aromatic heterocycles. The van der Waals surface area contributed by atoms with E-state index in [9.17, 15) is 14.4 Å². The van der Waals surface area contributed by atoms with Crippen molar-refractivity contribution in [3.63, 3.8) is 0 Å². The number of nitrogens with one attached hydrogen (secondary N) is 4. The van der Waals surface area contributed by atoms with Gasteiger partial charge in [-0.1, -0.05) is 91.0 Å². The van der Waals surface area contributed by atoms with Gasteiger partial charge in [-0.15, -0.1) is 0 Å². The summed E-state index contributed by atoms with van der Waals surface area (Å²) in [5.74, 6) is -0.619. The van der Waals surface area contributed by atoms with E-state index in [1.165, 1.54) is 0 Å². The lowest BCUT2D eigenvalue weighted by atomic mass is 9.92. The van der Waals surface area contributed by atoms with E-state index in [2.05, 4.69) is 21.3 Å². The molecule has 2 aliphatic heterocycles. The third kappa shape index (κ3) is 7.14. The lowest BCUT2D eigenvalue weighted by Crippen LogP contribution is -2.59. The van der Waals surface area contributed by atoms with E-state index in [1.54, 1.807) is 11.9 Å². The maximum absolute atomic E-state index is 14.3. The lowest BCUT2D eigenvalue weighted by molar-refractivity contribution is -0.143. The van der Waals surface area contributed by atoms with Crippen LogP contribution in [-0.2, 0) is 20.8 Å². The van der Waals surface area contributed by atoms with Gasteiger partial charge in [-0.05, 0) is 62.9 Å². The molecule has 2 fully saturated rings. The summed E-state index contributed by atoms with van der Waals surface area (Å²) in [4.78, 5) is 43.7. The van der Waals surface area contributed by atoms with E-state index < -0.39 is 18.1 Å². The van der Waals surface area contributed by atoms with Crippen LogP contribution in [0.3, 0.4) is 0 Å². The number of rotatable bonds is 11. The first-order valence-electron chi connectivity index (χ1n) is 15.4. The summed E-state index contributed by atoms with van der Waals surface area (Å²) in [6.07, 6.45) is 3.47. The van der Waals surface area contributed by atoms with Crippen molar-refractivity contribution in [3.8, 4) is 0 Å². The Hall–Kier alpha value is -4.01. The Balaban J connectivity index is 1.36. The van der Waals surface area contributed by atoms with Crippen molar-refractivity contribution < 1.29 is 14.4 Å². The molecule has 8 nitrogen and oxygen atoms in total. The average Bonchev–Trinajstić information content (AvgIpc) is 3.43. The second-order valence-electron chi connectivity index (χ2n) is 11.7. The third-order valence-electron chi connectivity index (χ3n) is 8.93. The Morgan fingerprint density at radius 2 is 1.40 bits per heavy atom. The van der Waals surface area contributed by atoms with Crippen molar-refractivity contribution in [3.05, 3.63) is 108 Å². The largest absolute Gasteiger partial charge is 0.343 e. The molecule has 5 atom stereocenters. The minimum absolute atomic E-state index is 0.0270. The van der Waals surface area contributed by atoms with E-state index in [4.69, 9.17) is 0 Å². The molecule has 226 valence electrons. The topological polar surface area (TPSA) is 103 Å². The molecule has 0 saturated carbocycles. The fourth-order valence-corrected chi connectivity index (χ4v) is 6.67. The molecule has 8 heteroatoms. The van der Waals surface area contributed by atoms with Crippen molar-refractivity contribution in [2.45, 2.75) is 62.3 Å². The van der Waals surface area contributed by atoms with Gasteiger partial charge in [0, 0.05) is 18.5 Å². The van der Waals surface area contributed by atoms with Gasteiger partial charge >= 0.3 is 0 Å². The van der Waals surface area contributed by atoms with E-state index in [-0.39, 0.29) is 35.7 Å². The van der Waals surface area contributed by atoms with Crippen molar-refractivity contribution in [2.24, 2.45) is 5.92 Å². The van der Waals surface area contributed by atoms with Crippen molar-refractivity contribution in [2.75, 3.05) is 20.6 Å². The van der Waals surface area contributed by atoms with Crippen LogP contribution < -0.4 is 21.3 Å². The number of carbonyl (C=O) groups excluding carboxylic acids is 3. The molecular weight excluding hydrogens is 538 g/mol. The summed E-state index contributed by atoms with van der Waals surface area (Å²) in [5, 5.41) is 12.7. The summed E-state index contributed by atoms with van der Waals surface area (Å²) in [7, 11) is 3.63. The molecule has 0 aliphatic carbocycles. The summed E-state index contributed by atoms with van der Waals surface area (Å²) < 4.78 is 0. The summed E-state index contributed by atoms with van der Waals surface area (Å²) in [6, 6.07) is 27.5. The number of likely N-dealkylation sites (N-methyl/N-ethyl adjacent to an activating group) is 1. The highest BCUT2D eigenvalue weighted by Gasteiger charge is 2.47. The zero-order valence-electron chi connectivity index (χ0n) is 25.0. The quantitative estimate of drug-likeness (QED) is 0.279. The smallest absolute Gasteiger partial charge is 0.246 e. The molecule has 2 saturated heterocycles. The van der Waals surface area contributed by atoms with Gasteiger partial charge in [0.15, 0.2) is 0 Å². The van der Waals surface area contributed by atoms with Crippen LogP contribution in [0, 0.1) is 5.92 Å². The molecule has 43 heavy (non-hydrogen) atoms. The molecule has 2 heterocycles. The van der Waals surface area contributed by atoms with E-state index in [1.807, 2.05) is 98.0 Å². The summed E-state index contributed by atoms with van der Waals surface area (Å²) >= 11 is 0. The molecule has 2 aliphatic rings. The monoisotopic (exact) mass is 581 g/mol. The number of nitrogens with zero attached hydrogens (tertiary/aromatic N) is 1. The highest BCUT2D eigenvalue weighted by atomic mass is 16.2. The fourth-order valence-electron chi connectivity index (χ4n) is 6.67. The molecule has 0 spiro atoms. The van der Waals surface area contributed by atoms with Gasteiger partial charge in [0.2, 0.25) is 17.7 Å². The second-order valence-corrected chi connectivity index (χ2v) is 11.7. The predicted molar refractivity (Wildman–Crippen MR) is 168 cm³/mol. The Morgan fingerprint density at radius 1 is 0.814 bits per heavy atom. The van der Waals surface area contributed by atoms with Crippen LogP contribution in [-0.4, -0.2) is 67.4 Å². The fraction of sp³-hybridized carbons (Fsp3) is 0.400. The number of amides is 3. The van der Waals surface area contributed by atoms with Crippen molar-refractivity contribution in [1.29, 1.82) is 0 Å². The highest BCUT2D eigenvalue weighted by molar-refractivity contribution is 5.94. The van der Waals surface area contributed by atoms with E-state index in [0.29, 0.717) is 19.4 Å². The maximum atomic E-state index is 14.3. The number of carbonyl (C=O) groups is 3. The third-order valence-corrected chi connectivity index (χ3v) is 8.93. The van der Waals surface area contributed by atoms with Crippen molar-refractivity contribution >= 4 is 17.7 Å². The normalized spacial score (nSPS) is 22.5. The summed E-state index contributed by atoms with van der Waals surface area (Å²) in [5.41, 5.74) is 3.00. The molecule has 0 bridgehead atoms. The maximum Gasteiger partial charge on any atom is 0.246 e. The van der Waals surface area contributed by atoms with Crippen LogP contribution in [0.2, 0.25) is 0 Å². The predicted octanol–water partition coefficient (Wildman–Crippen LogP) is 3.20. The van der Waals surface area contributed by atoms with Crippen molar-refractivity contribution in [1.82, 2.24) is 26.2 Å². The van der Waals surface area contributed by atoms with Gasteiger partial charge in [-0.2, -0.15) is 0 Å². The molecule has 4 N–H and O–H groups in total. The number of hydrogen-bond donors (Lipinski definition) is 4. The van der Waals surface area contributed by atoms with Gasteiger partial charge in [0.25, 0.3) is 0 Å². The number of fused-ring (bicyclic) bond motifs is 1. The van der Waals surface area contributed by atoms with Crippen LogP contribution >= 0.6 is 0 Å². The van der Waals surface area contributed by atoms with Gasteiger partial charge in [-0.25, -0.2) is 0 Å². The first-order valence-corrected chi connectivity index (χ1v) is 15.4. The van der Waals surface area contributed by atoms with Gasteiger partial charge in [0.1, 0.15) is 12.1 Å². The van der Waals surface area contributed by atoms with Gasteiger partial charge in [-0.3, -0.25) is 14.4 Å². The first kappa shape index (κ1) is 30.4. The zero-order chi connectivity index (χ0) is 30.2. The number of hydrogen-bond acceptors (Lipinski definition) is 5. The highest BCUT2D eigenvalue weighted by Crippen LogP contribution is 2.35. The Morgan fingerprint density at radius 3 is 1.98 bits per heavy atom. The minimum Gasteiger partial charge on any atom is -0.343 e. The van der Waals surface area contributed by atoms with Crippen LogP contribution in [0.4, 0.5) is 0 Å². The molecule has 3 amide bonds. The lowest BCUT2D eigenvalue weighted by Gasteiger charge is -2.33. The second kappa shape index (κ2) is 14.4. The van der Waals surface area contributed by atoms with E-state index in [0.717, 1.165) is 36.0 Å². The summed E-state index contributed by atoms with van der Waals surface area (Å²) in [6.45, 7) is 0.598. The van der Waals surface area contributed by atoms with Crippen LogP contribution in [0.25, 0.3) is 0 Å². The van der Waals surface area contributed by atoms with Crippen LogP contribution in [0.5, 0.6) is 0 Å². The standard InChI is InChI=1S/C35H43N5O3/c1-36-23-27-18-19-28-20-21-30(34(42)38-31(25-14-8-4-9-15-25)26-16-10-5-11-17-26)40(28)35(43)32(27)39-33(41)29(37-2)22-24-12-6-3-7-13-24/h3-17,27-32,36-37H,18-23H2,1-2H3,(H,38,42)(H,39,41)/t27-,28+,29-,30+,32+/m1/s1. The Kier molecular flexibility index (Phi) is 10.2. The molecule has 5 rings (SSSR count). The average molecular weight is 582 g/mol. The molecule has 0 radical (unpaired) electrons. The van der Waals surface area contributed by atoms with Gasteiger partial charge < -0.3 is 26.2 Å². The number of benzene rings is 3.